The zero-order chi connectivity index (χ0) is 14.4. The lowest BCUT2D eigenvalue weighted by molar-refractivity contribution is -0.148. The van der Waals surface area contributed by atoms with Gasteiger partial charge in [0, 0.05) is 5.41 Å². The van der Waals surface area contributed by atoms with Crippen molar-refractivity contribution in [2.24, 2.45) is 5.41 Å². The molecule has 2 aliphatic rings. The lowest BCUT2D eigenvalue weighted by atomic mass is 9.95. The van der Waals surface area contributed by atoms with E-state index in [9.17, 15) is 14.7 Å². The van der Waals surface area contributed by atoms with Crippen molar-refractivity contribution in [3.8, 4) is 0 Å². The lowest BCUT2D eigenvalue weighted by Crippen LogP contribution is -2.46. The molecule has 1 aliphatic heterocycles. The summed E-state index contributed by atoms with van der Waals surface area (Å²) >= 11 is 0. The molecule has 0 radical (unpaired) electrons. The van der Waals surface area contributed by atoms with E-state index < -0.39 is 35.2 Å². The summed E-state index contributed by atoms with van der Waals surface area (Å²) in [6.45, 7) is 5.40. The number of hydrogen-bond acceptors (Lipinski definition) is 5. The minimum absolute atomic E-state index is 0.120. The Kier molecular flexibility index (Phi) is 3.24. The number of esters is 1. The summed E-state index contributed by atoms with van der Waals surface area (Å²) < 4.78 is 10.1. The van der Waals surface area contributed by atoms with Crippen LogP contribution in [0.5, 0.6) is 0 Å². The molecule has 1 spiro atoms. The van der Waals surface area contributed by atoms with E-state index >= 15 is 0 Å². The molecule has 108 valence electrons. The first kappa shape index (κ1) is 14.1. The van der Waals surface area contributed by atoms with Crippen LogP contribution in [0.3, 0.4) is 0 Å². The quantitative estimate of drug-likeness (QED) is 0.718. The Labute approximate surface area is 112 Å². The van der Waals surface area contributed by atoms with Gasteiger partial charge in [0.2, 0.25) is 0 Å². The Hall–Kier alpha value is -1.30. The molecule has 19 heavy (non-hydrogen) atoms. The second-order valence-electron chi connectivity index (χ2n) is 6.31. The van der Waals surface area contributed by atoms with Crippen LogP contribution in [0.15, 0.2) is 0 Å². The molecular weight excluding hydrogens is 250 g/mol. The molecule has 2 rings (SSSR count). The van der Waals surface area contributed by atoms with Crippen LogP contribution in [-0.2, 0) is 14.3 Å². The number of carbonyl (C=O) groups is 2. The van der Waals surface area contributed by atoms with Gasteiger partial charge in [-0.1, -0.05) is 0 Å². The van der Waals surface area contributed by atoms with Gasteiger partial charge < -0.3 is 14.6 Å². The fourth-order valence-corrected chi connectivity index (χ4v) is 2.69. The highest BCUT2D eigenvalue weighted by Gasteiger charge is 2.66. The Morgan fingerprint density at radius 1 is 1.32 bits per heavy atom. The number of rotatable bonds is 1. The average Bonchev–Trinajstić information content (AvgIpc) is 3.00. The Morgan fingerprint density at radius 3 is 2.32 bits per heavy atom. The molecule has 2 unspecified atom stereocenters. The number of hydrogen-bond donors (Lipinski definition) is 1. The maximum Gasteiger partial charge on any atom is 0.411 e. The van der Waals surface area contributed by atoms with E-state index in [-0.39, 0.29) is 6.54 Å². The van der Waals surface area contributed by atoms with Crippen LogP contribution in [0, 0.1) is 5.41 Å². The zero-order valence-electron chi connectivity index (χ0n) is 11.8. The van der Waals surface area contributed by atoms with E-state index in [1.807, 2.05) is 0 Å². The van der Waals surface area contributed by atoms with Gasteiger partial charge in [-0.2, -0.15) is 0 Å². The Balaban J connectivity index is 2.20. The van der Waals surface area contributed by atoms with Crippen molar-refractivity contribution in [2.45, 2.75) is 51.4 Å². The van der Waals surface area contributed by atoms with Crippen LogP contribution in [-0.4, -0.2) is 53.5 Å². The molecule has 6 heteroatoms. The highest BCUT2D eigenvalue weighted by atomic mass is 16.6. The highest BCUT2D eigenvalue weighted by Crippen LogP contribution is 2.57. The van der Waals surface area contributed by atoms with Gasteiger partial charge in [-0.25, -0.2) is 9.59 Å². The van der Waals surface area contributed by atoms with Crippen molar-refractivity contribution in [3.63, 3.8) is 0 Å². The molecule has 1 N–H and O–H groups in total. The number of carbonyl (C=O) groups excluding carboxylic acids is 2. The van der Waals surface area contributed by atoms with Crippen LogP contribution in [0.4, 0.5) is 4.79 Å². The van der Waals surface area contributed by atoms with Gasteiger partial charge in [-0.15, -0.1) is 0 Å². The normalized spacial score (nSPS) is 28.4. The fourth-order valence-electron chi connectivity index (χ4n) is 2.69. The van der Waals surface area contributed by atoms with Gasteiger partial charge in [0.25, 0.3) is 0 Å². The number of likely N-dealkylation sites (tertiary alicyclic amines) is 1. The van der Waals surface area contributed by atoms with Crippen molar-refractivity contribution in [1.82, 2.24) is 4.90 Å². The molecular formula is C13H21NO5. The standard InChI is InChI=1S/C13H21NO5/c1-12(2,3)19-11(17)14-7-8(15)13(5-6-13)9(14)10(16)18-4/h8-9,15H,5-7H2,1-4H3. The first-order valence-corrected chi connectivity index (χ1v) is 6.47. The van der Waals surface area contributed by atoms with Gasteiger partial charge in [0.05, 0.1) is 19.8 Å². The number of aliphatic hydroxyl groups is 1. The van der Waals surface area contributed by atoms with E-state index in [1.165, 1.54) is 12.0 Å². The summed E-state index contributed by atoms with van der Waals surface area (Å²) in [5, 5.41) is 10.1. The number of β-amino-alcohol motifs (C(OH)–C–C–N with tert-alkyl or cyclic N) is 1. The summed E-state index contributed by atoms with van der Waals surface area (Å²) in [6, 6.07) is -0.734. The maximum absolute atomic E-state index is 12.1. The van der Waals surface area contributed by atoms with Crippen molar-refractivity contribution in [1.29, 1.82) is 0 Å². The SMILES string of the molecule is COC(=O)C1N(C(=O)OC(C)(C)C)CC(O)C12CC2. The van der Waals surface area contributed by atoms with Gasteiger partial charge >= 0.3 is 12.1 Å². The Morgan fingerprint density at radius 2 is 1.89 bits per heavy atom. The molecule has 1 heterocycles. The first-order valence-electron chi connectivity index (χ1n) is 6.47. The average molecular weight is 271 g/mol. The number of ether oxygens (including phenoxy) is 2. The molecule has 0 aromatic heterocycles. The topological polar surface area (TPSA) is 76.1 Å². The third kappa shape index (κ3) is 2.41. The summed E-state index contributed by atoms with van der Waals surface area (Å²) in [5.41, 5.74) is -1.16. The third-order valence-electron chi connectivity index (χ3n) is 3.77. The van der Waals surface area contributed by atoms with E-state index in [2.05, 4.69) is 0 Å². The maximum atomic E-state index is 12.1. The van der Waals surface area contributed by atoms with Crippen molar-refractivity contribution < 1.29 is 24.2 Å². The van der Waals surface area contributed by atoms with Gasteiger partial charge in [-0.3, -0.25) is 4.90 Å². The molecule has 2 fully saturated rings. The molecule has 2 atom stereocenters. The first-order chi connectivity index (χ1) is 8.71. The number of amides is 1. The molecule has 0 aromatic rings. The lowest BCUT2D eigenvalue weighted by Gasteiger charge is -2.28. The van der Waals surface area contributed by atoms with E-state index in [0.29, 0.717) is 0 Å². The minimum atomic E-state index is -0.734. The summed E-state index contributed by atoms with van der Waals surface area (Å²) in [7, 11) is 1.29. The molecule has 1 aliphatic carbocycles. The second-order valence-corrected chi connectivity index (χ2v) is 6.31. The predicted octanol–water partition coefficient (Wildman–Crippen LogP) is 0.920. The second kappa shape index (κ2) is 4.37. The largest absolute Gasteiger partial charge is 0.467 e. The Bertz CT molecular complexity index is 396. The molecule has 0 bridgehead atoms. The predicted molar refractivity (Wildman–Crippen MR) is 66.4 cm³/mol. The van der Waals surface area contributed by atoms with Crippen LogP contribution in [0.25, 0.3) is 0 Å². The highest BCUT2D eigenvalue weighted by molar-refractivity contribution is 5.84. The van der Waals surface area contributed by atoms with E-state index in [4.69, 9.17) is 9.47 Å². The van der Waals surface area contributed by atoms with E-state index in [1.54, 1.807) is 20.8 Å². The molecule has 0 aromatic carbocycles. The van der Waals surface area contributed by atoms with E-state index in [0.717, 1.165) is 12.8 Å². The molecule has 1 saturated heterocycles. The summed E-state index contributed by atoms with van der Waals surface area (Å²) in [4.78, 5) is 25.4. The summed E-state index contributed by atoms with van der Waals surface area (Å²) in [6.07, 6.45) is 0.190. The van der Waals surface area contributed by atoms with Crippen LogP contribution < -0.4 is 0 Å². The van der Waals surface area contributed by atoms with Gasteiger partial charge in [0.15, 0.2) is 0 Å². The van der Waals surface area contributed by atoms with Crippen molar-refractivity contribution in [3.05, 3.63) is 0 Å². The molecule has 6 nitrogen and oxygen atoms in total. The molecule has 1 saturated carbocycles. The fraction of sp³-hybridized carbons (Fsp3) is 0.846. The van der Waals surface area contributed by atoms with Crippen LogP contribution in [0.1, 0.15) is 33.6 Å². The number of aliphatic hydroxyl groups excluding tert-OH is 1. The monoisotopic (exact) mass is 271 g/mol. The minimum Gasteiger partial charge on any atom is -0.467 e. The van der Waals surface area contributed by atoms with Crippen molar-refractivity contribution >= 4 is 12.1 Å². The number of nitrogens with zero attached hydrogens (tertiary/aromatic N) is 1. The smallest absolute Gasteiger partial charge is 0.411 e. The summed E-state index contributed by atoms with van der Waals surface area (Å²) in [5.74, 6) is -0.486. The van der Waals surface area contributed by atoms with Gasteiger partial charge in [-0.05, 0) is 33.6 Å². The van der Waals surface area contributed by atoms with Crippen molar-refractivity contribution in [2.75, 3.05) is 13.7 Å². The zero-order valence-corrected chi connectivity index (χ0v) is 11.8. The number of methoxy groups -OCH3 is 1. The van der Waals surface area contributed by atoms with Crippen LogP contribution in [0.2, 0.25) is 0 Å². The van der Waals surface area contributed by atoms with Crippen LogP contribution >= 0.6 is 0 Å². The van der Waals surface area contributed by atoms with Gasteiger partial charge in [0.1, 0.15) is 11.6 Å². The molecule has 1 amide bonds. The third-order valence-corrected chi connectivity index (χ3v) is 3.77.